The summed E-state index contributed by atoms with van der Waals surface area (Å²) in [6.45, 7) is 1.43. The number of aliphatic hydroxyl groups excluding tert-OH is 1. The number of aromatic nitrogens is 2. The summed E-state index contributed by atoms with van der Waals surface area (Å²) < 4.78 is 1.47. The molecule has 2 aliphatic rings. The summed E-state index contributed by atoms with van der Waals surface area (Å²) in [5.74, 6) is 1.12. The molecule has 3 atom stereocenters. The predicted molar refractivity (Wildman–Crippen MR) is 64.3 cm³/mol. The number of fused-ring (bicyclic) bond motifs is 1. The largest absolute Gasteiger partial charge is 0.393 e. The number of rotatable bonds is 2. The molecule has 1 aliphatic carbocycles. The van der Waals surface area contributed by atoms with E-state index in [9.17, 15) is 15.2 Å². The van der Waals surface area contributed by atoms with E-state index < -0.39 is 4.92 Å². The zero-order valence-electron chi connectivity index (χ0n) is 10.2. The van der Waals surface area contributed by atoms with Crippen LogP contribution in [0.1, 0.15) is 12.8 Å². The van der Waals surface area contributed by atoms with Gasteiger partial charge in [0.05, 0.1) is 11.0 Å². The number of hydrogen-bond acceptors (Lipinski definition) is 5. The fourth-order valence-corrected chi connectivity index (χ4v) is 3.23. The molecule has 18 heavy (non-hydrogen) atoms. The Bertz CT molecular complexity index is 487. The van der Waals surface area contributed by atoms with E-state index in [1.165, 1.54) is 10.9 Å². The number of aliphatic hydroxyl groups is 1. The molecule has 2 heterocycles. The Morgan fingerprint density at radius 3 is 2.94 bits per heavy atom. The van der Waals surface area contributed by atoms with Crippen molar-refractivity contribution in [3.05, 3.63) is 16.3 Å². The average Bonchev–Trinajstić information content (AvgIpc) is 2.94. The van der Waals surface area contributed by atoms with E-state index in [1.54, 1.807) is 7.05 Å². The van der Waals surface area contributed by atoms with E-state index in [-0.39, 0.29) is 17.7 Å². The van der Waals surface area contributed by atoms with Crippen molar-refractivity contribution >= 4 is 11.5 Å². The quantitative estimate of drug-likeness (QED) is 0.613. The molecule has 0 bridgehead atoms. The molecule has 1 aromatic rings. The summed E-state index contributed by atoms with van der Waals surface area (Å²) in [6.07, 6.45) is 3.03. The first kappa shape index (κ1) is 11.5. The van der Waals surface area contributed by atoms with Crippen LogP contribution in [0.15, 0.2) is 6.20 Å². The molecule has 2 fully saturated rings. The highest BCUT2D eigenvalue weighted by atomic mass is 16.6. The van der Waals surface area contributed by atoms with Crippen molar-refractivity contribution < 1.29 is 10.0 Å². The molecule has 0 radical (unpaired) electrons. The second-order valence-electron chi connectivity index (χ2n) is 5.24. The van der Waals surface area contributed by atoms with Gasteiger partial charge < -0.3 is 10.0 Å². The first-order valence-corrected chi connectivity index (χ1v) is 6.17. The lowest BCUT2D eigenvalue weighted by Crippen LogP contribution is -2.25. The van der Waals surface area contributed by atoms with E-state index in [0.717, 1.165) is 19.4 Å². The molecule has 7 nitrogen and oxygen atoms in total. The van der Waals surface area contributed by atoms with Gasteiger partial charge in [0.2, 0.25) is 5.82 Å². The molecule has 0 spiro atoms. The molecule has 7 heteroatoms. The maximum absolute atomic E-state index is 11.0. The van der Waals surface area contributed by atoms with Crippen molar-refractivity contribution in [3.63, 3.8) is 0 Å². The maximum atomic E-state index is 11.0. The van der Waals surface area contributed by atoms with Crippen LogP contribution >= 0.6 is 0 Å². The molecular weight excluding hydrogens is 236 g/mol. The van der Waals surface area contributed by atoms with Gasteiger partial charge in [-0.25, -0.2) is 0 Å². The maximum Gasteiger partial charge on any atom is 0.330 e. The number of hydrogen-bond donors (Lipinski definition) is 1. The summed E-state index contributed by atoms with van der Waals surface area (Å²) in [5.41, 5.74) is 0.0481. The average molecular weight is 252 g/mol. The van der Waals surface area contributed by atoms with Gasteiger partial charge in [0.1, 0.15) is 6.20 Å². The molecule has 98 valence electrons. The SMILES string of the molecule is Cn1cc([N+](=O)[O-])c(N2CC3CCC(O)C3C2)n1. The predicted octanol–water partition coefficient (Wildman–Crippen LogP) is 0.535. The summed E-state index contributed by atoms with van der Waals surface area (Å²) >= 11 is 0. The van der Waals surface area contributed by atoms with E-state index >= 15 is 0 Å². The van der Waals surface area contributed by atoms with Gasteiger partial charge in [-0.1, -0.05) is 0 Å². The first-order chi connectivity index (χ1) is 8.56. The van der Waals surface area contributed by atoms with Crippen LogP contribution in [0.25, 0.3) is 0 Å². The van der Waals surface area contributed by atoms with Gasteiger partial charge in [-0.3, -0.25) is 14.8 Å². The molecule has 0 amide bonds. The van der Waals surface area contributed by atoms with Gasteiger partial charge in [0.25, 0.3) is 0 Å². The highest BCUT2D eigenvalue weighted by Crippen LogP contribution is 2.41. The lowest BCUT2D eigenvalue weighted by molar-refractivity contribution is -0.384. The normalized spacial score (nSPS) is 30.8. The Hall–Kier alpha value is -1.63. The van der Waals surface area contributed by atoms with Crippen LogP contribution in [-0.4, -0.2) is 39.0 Å². The van der Waals surface area contributed by atoms with E-state index in [1.807, 2.05) is 4.90 Å². The molecule has 0 aromatic carbocycles. The van der Waals surface area contributed by atoms with Crippen LogP contribution in [0.4, 0.5) is 11.5 Å². The number of aryl methyl sites for hydroxylation is 1. The van der Waals surface area contributed by atoms with Crippen LogP contribution in [0.5, 0.6) is 0 Å². The van der Waals surface area contributed by atoms with Crippen molar-refractivity contribution in [2.24, 2.45) is 18.9 Å². The van der Waals surface area contributed by atoms with Crippen molar-refractivity contribution in [3.8, 4) is 0 Å². The zero-order valence-corrected chi connectivity index (χ0v) is 10.2. The smallest absolute Gasteiger partial charge is 0.330 e. The third kappa shape index (κ3) is 1.66. The Morgan fingerprint density at radius 1 is 1.50 bits per heavy atom. The fraction of sp³-hybridized carbons (Fsp3) is 0.727. The summed E-state index contributed by atoms with van der Waals surface area (Å²) in [7, 11) is 1.68. The number of nitrogens with zero attached hydrogens (tertiary/aromatic N) is 4. The summed E-state index contributed by atoms with van der Waals surface area (Å²) in [5, 5.41) is 25.0. The molecule has 3 rings (SSSR count). The van der Waals surface area contributed by atoms with Crippen molar-refractivity contribution in [1.29, 1.82) is 0 Å². The minimum atomic E-state index is -0.396. The van der Waals surface area contributed by atoms with Gasteiger partial charge in [0, 0.05) is 26.1 Å². The third-order valence-corrected chi connectivity index (χ3v) is 4.11. The monoisotopic (exact) mass is 252 g/mol. The van der Waals surface area contributed by atoms with Crippen LogP contribution < -0.4 is 4.90 Å². The molecular formula is C11H16N4O3. The Kier molecular flexibility index (Phi) is 2.51. The zero-order chi connectivity index (χ0) is 12.9. The third-order valence-electron chi connectivity index (χ3n) is 4.11. The van der Waals surface area contributed by atoms with Crippen molar-refractivity contribution in [2.45, 2.75) is 18.9 Å². The van der Waals surface area contributed by atoms with Gasteiger partial charge in [-0.05, 0) is 18.8 Å². The van der Waals surface area contributed by atoms with Crippen LogP contribution in [0, 0.1) is 22.0 Å². The van der Waals surface area contributed by atoms with E-state index in [4.69, 9.17) is 0 Å². The molecule has 1 aliphatic heterocycles. The second kappa shape index (κ2) is 3.94. The molecule has 1 N–H and O–H groups in total. The lowest BCUT2D eigenvalue weighted by atomic mass is 10.00. The highest BCUT2D eigenvalue weighted by Gasteiger charge is 2.43. The Morgan fingerprint density at radius 2 is 2.28 bits per heavy atom. The molecule has 1 aromatic heterocycles. The highest BCUT2D eigenvalue weighted by molar-refractivity contribution is 5.57. The van der Waals surface area contributed by atoms with Gasteiger partial charge in [-0.2, -0.15) is 0 Å². The Labute approximate surface area is 104 Å². The molecule has 3 unspecified atom stereocenters. The first-order valence-electron chi connectivity index (χ1n) is 6.17. The Balaban J connectivity index is 1.87. The molecule has 1 saturated carbocycles. The van der Waals surface area contributed by atoms with Crippen molar-refractivity contribution in [2.75, 3.05) is 18.0 Å². The van der Waals surface area contributed by atoms with E-state index in [2.05, 4.69) is 5.10 Å². The van der Waals surface area contributed by atoms with Gasteiger partial charge in [0.15, 0.2) is 0 Å². The van der Waals surface area contributed by atoms with Crippen molar-refractivity contribution in [1.82, 2.24) is 9.78 Å². The summed E-state index contributed by atoms with van der Waals surface area (Å²) in [4.78, 5) is 12.5. The van der Waals surface area contributed by atoms with Crippen LogP contribution in [0.2, 0.25) is 0 Å². The minimum absolute atomic E-state index is 0.0481. The molecule has 1 saturated heterocycles. The summed E-state index contributed by atoms with van der Waals surface area (Å²) in [6, 6.07) is 0. The van der Waals surface area contributed by atoms with Gasteiger partial charge in [-0.15, -0.1) is 5.10 Å². The minimum Gasteiger partial charge on any atom is -0.393 e. The van der Waals surface area contributed by atoms with Gasteiger partial charge >= 0.3 is 5.69 Å². The second-order valence-corrected chi connectivity index (χ2v) is 5.24. The number of nitro groups is 1. The van der Waals surface area contributed by atoms with Crippen LogP contribution in [-0.2, 0) is 7.05 Å². The fourth-order valence-electron chi connectivity index (χ4n) is 3.23. The standard InChI is InChI=1S/C11H16N4O3/c1-13-6-9(15(17)18)11(12-13)14-4-7-2-3-10(16)8(7)5-14/h6-8,10,16H,2-5H2,1H3. The number of anilines is 1. The lowest BCUT2D eigenvalue weighted by Gasteiger charge is -2.16. The van der Waals surface area contributed by atoms with Crippen LogP contribution in [0.3, 0.4) is 0 Å². The topological polar surface area (TPSA) is 84.4 Å². The van der Waals surface area contributed by atoms with E-state index in [0.29, 0.717) is 18.3 Å².